The summed E-state index contributed by atoms with van der Waals surface area (Å²) in [4.78, 5) is 22.5. The summed E-state index contributed by atoms with van der Waals surface area (Å²) in [5.74, 6) is -0.816. The molecule has 0 bridgehead atoms. The van der Waals surface area contributed by atoms with E-state index in [1.54, 1.807) is 6.08 Å². The number of carbonyl (C=O) groups excluding carboxylic acids is 1. The first-order valence-electron chi connectivity index (χ1n) is 5.89. The van der Waals surface area contributed by atoms with Crippen LogP contribution in [0.3, 0.4) is 0 Å². The van der Waals surface area contributed by atoms with E-state index in [0.717, 1.165) is 6.42 Å². The Labute approximate surface area is 101 Å². The van der Waals surface area contributed by atoms with Gasteiger partial charge in [-0.2, -0.15) is 0 Å². The van der Waals surface area contributed by atoms with Crippen molar-refractivity contribution >= 4 is 12.0 Å². The molecule has 17 heavy (non-hydrogen) atoms. The van der Waals surface area contributed by atoms with Gasteiger partial charge in [-0.05, 0) is 26.2 Å². The zero-order valence-corrected chi connectivity index (χ0v) is 10.2. The monoisotopic (exact) mass is 240 g/mol. The van der Waals surface area contributed by atoms with Crippen molar-refractivity contribution in [3.05, 3.63) is 12.7 Å². The maximum absolute atomic E-state index is 11.5. The minimum absolute atomic E-state index is 0.00895. The molecule has 0 radical (unpaired) electrons. The van der Waals surface area contributed by atoms with E-state index in [-0.39, 0.29) is 18.6 Å². The van der Waals surface area contributed by atoms with Gasteiger partial charge in [0.05, 0.1) is 5.41 Å². The summed E-state index contributed by atoms with van der Waals surface area (Å²) in [6.07, 6.45) is 4.63. The van der Waals surface area contributed by atoms with Crippen molar-refractivity contribution in [3.63, 3.8) is 0 Å². The summed E-state index contributed by atoms with van der Waals surface area (Å²) in [5.41, 5.74) is -0.737. The molecule has 0 saturated heterocycles. The predicted octanol–water partition coefficient (Wildman–Crippen LogP) is 1.51. The lowest BCUT2D eigenvalue weighted by Crippen LogP contribution is -2.50. The zero-order valence-electron chi connectivity index (χ0n) is 10.2. The van der Waals surface area contributed by atoms with Crippen molar-refractivity contribution in [2.75, 3.05) is 6.54 Å². The van der Waals surface area contributed by atoms with E-state index >= 15 is 0 Å². The standard InChI is InChI=1S/C12H20N2O3/c1-3-5-9(2)14-11(17)13-8-12(10(15)16)6-4-7-12/h3,9H,1,4-8H2,2H3,(H,15,16)(H2,13,14,17). The molecule has 1 fully saturated rings. The van der Waals surface area contributed by atoms with Gasteiger partial charge in [-0.15, -0.1) is 6.58 Å². The first-order chi connectivity index (χ1) is 8.00. The molecule has 0 spiro atoms. The molecule has 2 amide bonds. The summed E-state index contributed by atoms with van der Waals surface area (Å²) >= 11 is 0. The Morgan fingerprint density at radius 2 is 2.18 bits per heavy atom. The molecule has 3 N–H and O–H groups in total. The minimum Gasteiger partial charge on any atom is -0.481 e. The fraction of sp³-hybridized carbons (Fsp3) is 0.667. The lowest BCUT2D eigenvalue weighted by atomic mass is 9.69. The quantitative estimate of drug-likeness (QED) is 0.616. The Hall–Kier alpha value is -1.52. The summed E-state index contributed by atoms with van der Waals surface area (Å²) in [7, 11) is 0. The molecule has 0 heterocycles. The summed E-state index contributed by atoms with van der Waals surface area (Å²) in [6.45, 7) is 5.67. The molecule has 0 aromatic rings. The normalized spacial score (nSPS) is 18.6. The molecule has 96 valence electrons. The third-order valence-electron chi connectivity index (χ3n) is 3.25. The van der Waals surface area contributed by atoms with E-state index < -0.39 is 11.4 Å². The number of hydrogen-bond acceptors (Lipinski definition) is 2. The number of aliphatic carboxylic acids is 1. The van der Waals surface area contributed by atoms with Gasteiger partial charge < -0.3 is 15.7 Å². The van der Waals surface area contributed by atoms with Gasteiger partial charge in [0.2, 0.25) is 0 Å². The highest BCUT2D eigenvalue weighted by molar-refractivity contribution is 5.78. The Kier molecular flexibility index (Phi) is 4.54. The lowest BCUT2D eigenvalue weighted by Gasteiger charge is -2.37. The second kappa shape index (κ2) is 5.70. The van der Waals surface area contributed by atoms with Crippen LogP contribution in [0.4, 0.5) is 4.79 Å². The van der Waals surface area contributed by atoms with Crippen LogP contribution < -0.4 is 10.6 Å². The van der Waals surface area contributed by atoms with Crippen LogP contribution >= 0.6 is 0 Å². The van der Waals surface area contributed by atoms with Crippen molar-refractivity contribution in [2.45, 2.75) is 38.6 Å². The molecular weight excluding hydrogens is 220 g/mol. The van der Waals surface area contributed by atoms with Crippen LogP contribution in [0.25, 0.3) is 0 Å². The Morgan fingerprint density at radius 3 is 2.59 bits per heavy atom. The second-order valence-corrected chi connectivity index (χ2v) is 4.69. The van der Waals surface area contributed by atoms with Crippen molar-refractivity contribution in [3.8, 4) is 0 Å². The number of hydrogen-bond donors (Lipinski definition) is 3. The van der Waals surface area contributed by atoms with Gasteiger partial charge in [-0.25, -0.2) is 4.79 Å². The van der Waals surface area contributed by atoms with Gasteiger partial charge in [0.1, 0.15) is 0 Å². The van der Waals surface area contributed by atoms with Crippen molar-refractivity contribution in [1.82, 2.24) is 10.6 Å². The van der Waals surface area contributed by atoms with E-state index in [0.29, 0.717) is 19.3 Å². The average molecular weight is 240 g/mol. The Morgan fingerprint density at radius 1 is 1.53 bits per heavy atom. The van der Waals surface area contributed by atoms with Crippen LogP contribution in [0, 0.1) is 5.41 Å². The smallest absolute Gasteiger partial charge is 0.315 e. The predicted molar refractivity (Wildman–Crippen MR) is 64.7 cm³/mol. The van der Waals surface area contributed by atoms with Crippen LogP contribution in [0.2, 0.25) is 0 Å². The Balaban J connectivity index is 2.32. The SMILES string of the molecule is C=CCC(C)NC(=O)NCC1(C(=O)O)CCC1. The van der Waals surface area contributed by atoms with E-state index in [4.69, 9.17) is 5.11 Å². The zero-order chi connectivity index (χ0) is 12.9. The summed E-state index contributed by atoms with van der Waals surface area (Å²) < 4.78 is 0. The molecule has 1 rings (SSSR count). The molecule has 5 heteroatoms. The number of nitrogens with one attached hydrogen (secondary N) is 2. The first-order valence-corrected chi connectivity index (χ1v) is 5.89. The van der Waals surface area contributed by atoms with E-state index in [1.165, 1.54) is 0 Å². The van der Waals surface area contributed by atoms with Crippen LogP contribution in [0.15, 0.2) is 12.7 Å². The molecule has 0 aromatic heterocycles. The molecule has 5 nitrogen and oxygen atoms in total. The molecule has 1 aliphatic rings. The summed E-state index contributed by atoms with van der Waals surface area (Å²) in [5, 5.41) is 14.4. The van der Waals surface area contributed by atoms with Crippen LogP contribution in [0.5, 0.6) is 0 Å². The third-order valence-corrected chi connectivity index (χ3v) is 3.25. The van der Waals surface area contributed by atoms with Crippen molar-refractivity contribution < 1.29 is 14.7 Å². The van der Waals surface area contributed by atoms with Gasteiger partial charge in [-0.3, -0.25) is 4.79 Å². The molecular formula is C12H20N2O3. The van der Waals surface area contributed by atoms with E-state index in [1.807, 2.05) is 6.92 Å². The molecule has 1 saturated carbocycles. The second-order valence-electron chi connectivity index (χ2n) is 4.69. The first kappa shape index (κ1) is 13.5. The summed E-state index contributed by atoms with van der Waals surface area (Å²) in [6, 6.07) is -0.304. The lowest BCUT2D eigenvalue weighted by molar-refractivity contribution is -0.153. The van der Waals surface area contributed by atoms with Gasteiger partial charge in [0, 0.05) is 12.6 Å². The van der Waals surface area contributed by atoms with Gasteiger partial charge >= 0.3 is 12.0 Å². The van der Waals surface area contributed by atoms with Crippen molar-refractivity contribution in [2.24, 2.45) is 5.41 Å². The van der Waals surface area contributed by atoms with Gasteiger partial charge in [-0.1, -0.05) is 12.5 Å². The molecule has 1 atom stereocenters. The number of carboxylic acids is 1. The number of amides is 2. The molecule has 1 aliphatic carbocycles. The topological polar surface area (TPSA) is 78.4 Å². The minimum atomic E-state index is -0.816. The number of carbonyl (C=O) groups is 2. The van der Waals surface area contributed by atoms with Gasteiger partial charge in [0.15, 0.2) is 0 Å². The van der Waals surface area contributed by atoms with E-state index in [2.05, 4.69) is 17.2 Å². The average Bonchev–Trinajstić information content (AvgIpc) is 2.15. The number of rotatable bonds is 6. The molecule has 0 aromatic carbocycles. The van der Waals surface area contributed by atoms with Gasteiger partial charge in [0.25, 0.3) is 0 Å². The van der Waals surface area contributed by atoms with Crippen LogP contribution in [0.1, 0.15) is 32.6 Å². The highest BCUT2D eigenvalue weighted by atomic mass is 16.4. The third kappa shape index (κ3) is 3.47. The largest absolute Gasteiger partial charge is 0.481 e. The molecule has 1 unspecified atom stereocenters. The van der Waals surface area contributed by atoms with E-state index in [9.17, 15) is 9.59 Å². The maximum atomic E-state index is 11.5. The Bertz CT molecular complexity index is 311. The number of carboxylic acid groups (broad SMARTS) is 1. The highest BCUT2D eigenvalue weighted by Gasteiger charge is 2.44. The number of urea groups is 1. The van der Waals surface area contributed by atoms with Crippen LogP contribution in [-0.2, 0) is 4.79 Å². The fourth-order valence-electron chi connectivity index (χ4n) is 1.90. The highest BCUT2D eigenvalue weighted by Crippen LogP contribution is 2.40. The maximum Gasteiger partial charge on any atom is 0.315 e. The van der Waals surface area contributed by atoms with Crippen LogP contribution in [-0.4, -0.2) is 29.7 Å². The molecule has 0 aliphatic heterocycles. The fourth-order valence-corrected chi connectivity index (χ4v) is 1.90. The van der Waals surface area contributed by atoms with Crippen molar-refractivity contribution in [1.29, 1.82) is 0 Å².